The van der Waals surface area contributed by atoms with E-state index >= 15 is 0 Å². The summed E-state index contributed by atoms with van der Waals surface area (Å²) in [7, 11) is 1.38. The lowest BCUT2D eigenvalue weighted by Gasteiger charge is -2.30. The molecule has 4 rings (SSSR count). The molecule has 0 unspecified atom stereocenters. The van der Waals surface area contributed by atoms with Gasteiger partial charge in [-0.05, 0) is 49.1 Å². The van der Waals surface area contributed by atoms with E-state index < -0.39 is 0 Å². The smallest absolute Gasteiger partial charge is 0.348 e. The van der Waals surface area contributed by atoms with E-state index in [-0.39, 0.29) is 11.8 Å². The van der Waals surface area contributed by atoms with Gasteiger partial charge in [0.05, 0.1) is 12.5 Å². The van der Waals surface area contributed by atoms with Crippen molar-refractivity contribution in [2.45, 2.75) is 26.8 Å². The van der Waals surface area contributed by atoms with Crippen LogP contribution in [0, 0.1) is 19.7 Å². The van der Waals surface area contributed by atoms with Gasteiger partial charge in [0.25, 0.3) is 0 Å². The fourth-order valence-electron chi connectivity index (χ4n) is 3.44. The van der Waals surface area contributed by atoms with Crippen LogP contribution in [0.3, 0.4) is 0 Å². The normalized spacial score (nSPS) is 13.8. The number of methoxy groups -OCH3 is 1. The Morgan fingerprint density at radius 2 is 2.08 bits per heavy atom. The fraction of sp³-hybridized carbons (Fsp3) is 0.316. The van der Waals surface area contributed by atoms with E-state index in [1.165, 1.54) is 24.5 Å². The molecule has 0 N–H and O–H groups in total. The van der Waals surface area contributed by atoms with Gasteiger partial charge in [0.2, 0.25) is 0 Å². The Kier molecular flexibility index (Phi) is 4.11. The van der Waals surface area contributed by atoms with Gasteiger partial charge in [0.15, 0.2) is 0 Å². The number of carbonyl (C=O) groups is 1. The SMILES string of the molecule is COC(=O)c1sc2nc(C)nc(N3CCc4cc(F)ccc4C3)c2c1C. The zero-order valence-electron chi connectivity index (χ0n) is 14.8. The summed E-state index contributed by atoms with van der Waals surface area (Å²) in [5.74, 6) is 0.934. The Hall–Kier alpha value is -2.54. The van der Waals surface area contributed by atoms with Gasteiger partial charge in [-0.1, -0.05) is 6.07 Å². The summed E-state index contributed by atoms with van der Waals surface area (Å²) in [6, 6.07) is 4.94. The molecular formula is C19H18FN3O2S. The van der Waals surface area contributed by atoms with Crippen molar-refractivity contribution in [2.24, 2.45) is 0 Å². The van der Waals surface area contributed by atoms with Crippen molar-refractivity contribution in [1.29, 1.82) is 0 Å². The average Bonchev–Trinajstić information content (AvgIpc) is 2.96. The van der Waals surface area contributed by atoms with Crippen LogP contribution in [-0.2, 0) is 17.7 Å². The number of hydrogen-bond donors (Lipinski definition) is 0. The second-order valence-electron chi connectivity index (χ2n) is 6.41. The first-order valence-electron chi connectivity index (χ1n) is 8.36. The molecule has 2 aromatic heterocycles. The maximum absolute atomic E-state index is 13.5. The highest BCUT2D eigenvalue weighted by Crippen LogP contribution is 2.37. The summed E-state index contributed by atoms with van der Waals surface area (Å²) in [5, 5.41) is 0.895. The predicted octanol–water partition coefficient (Wildman–Crippen LogP) is 3.80. The highest BCUT2D eigenvalue weighted by Gasteiger charge is 2.25. The van der Waals surface area contributed by atoms with Crippen LogP contribution in [0.1, 0.15) is 32.2 Å². The number of aryl methyl sites for hydroxylation is 2. The molecule has 0 atom stereocenters. The van der Waals surface area contributed by atoms with Crippen LogP contribution in [0.2, 0.25) is 0 Å². The molecule has 1 aromatic carbocycles. The fourth-order valence-corrected chi connectivity index (χ4v) is 4.58. The Morgan fingerprint density at radius 1 is 1.27 bits per heavy atom. The first-order valence-corrected chi connectivity index (χ1v) is 9.18. The van der Waals surface area contributed by atoms with Gasteiger partial charge in [0, 0.05) is 13.1 Å². The van der Waals surface area contributed by atoms with Crippen molar-refractivity contribution >= 4 is 33.3 Å². The summed E-state index contributed by atoms with van der Waals surface area (Å²) in [5.41, 5.74) is 2.99. The standard InChI is InChI=1S/C19H18FN3O2S/c1-10-15-17(21-11(2)22-18(15)26-16(10)19(24)25-3)23-7-6-12-8-14(20)5-4-13(12)9-23/h4-5,8H,6-7,9H2,1-3H3. The van der Waals surface area contributed by atoms with Crippen LogP contribution in [0.5, 0.6) is 0 Å². The minimum atomic E-state index is -0.353. The molecule has 0 saturated heterocycles. The molecule has 0 amide bonds. The van der Waals surface area contributed by atoms with E-state index in [2.05, 4.69) is 14.9 Å². The van der Waals surface area contributed by atoms with Crippen molar-refractivity contribution in [3.8, 4) is 0 Å². The highest BCUT2D eigenvalue weighted by molar-refractivity contribution is 7.20. The first kappa shape index (κ1) is 16.9. The lowest BCUT2D eigenvalue weighted by Crippen LogP contribution is -2.31. The van der Waals surface area contributed by atoms with Crippen molar-refractivity contribution in [3.63, 3.8) is 0 Å². The molecule has 0 bridgehead atoms. The lowest BCUT2D eigenvalue weighted by atomic mass is 9.99. The summed E-state index contributed by atoms with van der Waals surface area (Å²) in [6.07, 6.45) is 0.755. The molecule has 1 aliphatic rings. The Balaban J connectivity index is 1.82. The number of anilines is 1. The second-order valence-corrected chi connectivity index (χ2v) is 7.41. The summed E-state index contributed by atoms with van der Waals surface area (Å²) >= 11 is 1.33. The molecular weight excluding hydrogens is 353 g/mol. The summed E-state index contributed by atoms with van der Waals surface area (Å²) in [6.45, 7) is 5.15. The highest BCUT2D eigenvalue weighted by atomic mass is 32.1. The van der Waals surface area contributed by atoms with Crippen molar-refractivity contribution in [3.05, 3.63) is 51.4 Å². The number of nitrogens with zero attached hydrogens (tertiary/aromatic N) is 3. The number of hydrogen-bond acceptors (Lipinski definition) is 6. The number of thiophene rings is 1. The minimum absolute atomic E-state index is 0.200. The van der Waals surface area contributed by atoms with E-state index in [4.69, 9.17) is 4.74 Å². The van der Waals surface area contributed by atoms with E-state index in [1.807, 2.05) is 19.9 Å². The van der Waals surface area contributed by atoms with Crippen LogP contribution >= 0.6 is 11.3 Å². The summed E-state index contributed by atoms with van der Waals surface area (Å²) < 4.78 is 18.4. The second kappa shape index (κ2) is 6.32. The monoisotopic (exact) mass is 371 g/mol. The maximum Gasteiger partial charge on any atom is 0.348 e. The van der Waals surface area contributed by atoms with Crippen LogP contribution in [0.15, 0.2) is 18.2 Å². The third-order valence-corrected chi connectivity index (χ3v) is 5.90. The Morgan fingerprint density at radius 3 is 2.85 bits per heavy atom. The van der Waals surface area contributed by atoms with Crippen LogP contribution in [0.4, 0.5) is 10.2 Å². The van der Waals surface area contributed by atoms with E-state index in [9.17, 15) is 9.18 Å². The topological polar surface area (TPSA) is 55.3 Å². The number of aromatic nitrogens is 2. The Bertz CT molecular complexity index is 1030. The van der Waals surface area contributed by atoms with Crippen molar-refractivity contribution < 1.29 is 13.9 Å². The molecule has 3 heterocycles. The van der Waals surface area contributed by atoms with E-state index in [1.54, 1.807) is 6.07 Å². The number of benzene rings is 1. The predicted molar refractivity (Wildman–Crippen MR) is 99.4 cm³/mol. The molecule has 26 heavy (non-hydrogen) atoms. The molecule has 0 saturated carbocycles. The van der Waals surface area contributed by atoms with Crippen LogP contribution < -0.4 is 4.90 Å². The third kappa shape index (κ3) is 2.72. The minimum Gasteiger partial charge on any atom is -0.465 e. The van der Waals surface area contributed by atoms with Gasteiger partial charge in [-0.15, -0.1) is 11.3 Å². The number of rotatable bonds is 2. The number of ether oxygens (including phenoxy) is 1. The molecule has 134 valence electrons. The Labute approximate surface area is 154 Å². The van der Waals surface area contributed by atoms with Gasteiger partial charge in [-0.2, -0.15) is 0 Å². The quantitative estimate of drug-likeness (QED) is 0.642. The first-order chi connectivity index (χ1) is 12.5. The van der Waals surface area contributed by atoms with Crippen LogP contribution in [0.25, 0.3) is 10.2 Å². The van der Waals surface area contributed by atoms with Gasteiger partial charge in [-0.25, -0.2) is 19.2 Å². The van der Waals surface area contributed by atoms with E-state index in [0.717, 1.165) is 45.7 Å². The average molecular weight is 371 g/mol. The number of carbonyl (C=O) groups excluding carboxylic acids is 1. The lowest BCUT2D eigenvalue weighted by molar-refractivity contribution is 0.0605. The zero-order chi connectivity index (χ0) is 18.4. The molecule has 0 aliphatic carbocycles. The number of halogens is 1. The molecule has 5 nitrogen and oxygen atoms in total. The summed E-state index contributed by atoms with van der Waals surface area (Å²) in [4.78, 5) is 24.8. The molecule has 0 radical (unpaired) electrons. The van der Waals surface area contributed by atoms with Crippen LogP contribution in [-0.4, -0.2) is 29.6 Å². The number of fused-ring (bicyclic) bond motifs is 2. The molecule has 0 spiro atoms. The molecule has 7 heteroatoms. The third-order valence-electron chi connectivity index (χ3n) is 4.73. The van der Waals surface area contributed by atoms with Crippen molar-refractivity contribution in [1.82, 2.24) is 9.97 Å². The number of esters is 1. The van der Waals surface area contributed by atoms with Crippen molar-refractivity contribution in [2.75, 3.05) is 18.6 Å². The largest absolute Gasteiger partial charge is 0.465 e. The van der Waals surface area contributed by atoms with Gasteiger partial charge in [-0.3, -0.25) is 0 Å². The van der Waals surface area contributed by atoms with E-state index in [0.29, 0.717) is 17.2 Å². The maximum atomic E-state index is 13.5. The molecule has 0 fully saturated rings. The van der Waals surface area contributed by atoms with Gasteiger partial charge >= 0.3 is 5.97 Å². The van der Waals surface area contributed by atoms with Gasteiger partial charge in [0.1, 0.15) is 27.2 Å². The molecule has 1 aliphatic heterocycles. The zero-order valence-corrected chi connectivity index (χ0v) is 15.6. The molecule has 3 aromatic rings. The van der Waals surface area contributed by atoms with Gasteiger partial charge < -0.3 is 9.64 Å².